The largest absolute Gasteiger partial charge is 0.383 e. The number of nitrogens with zero attached hydrogens (tertiary/aromatic N) is 3. The van der Waals surface area contributed by atoms with Gasteiger partial charge < -0.3 is 20.9 Å². The van der Waals surface area contributed by atoms with Crippen molar-refractivity contribution in [2.24, 2.45) is 0 Å². The molecule has 0 bridgehead atoms. The van der Waals surface area contributed by atoms with Gasteiger partial charge in [-0.05, 0) is 42.5 Å². The smallest absolute Gasteiger partial charge is 0.323 e. The zero-order valence-corrected chi connectivity index (χ0v) is 15.9. The third-order valence-corrected chi connectivity index (χ3v) is 4.81. The first-order valence-corrected chi connectivity index (χ1v) is 8.98. The number of hydrogen-bond acceptors (Lipinski definition) is 4. The summed E-state index contributed by atoms with van der Waals surface area (Å²) in [4.78, 5) is 20.6. The number of rotatable bonds is 3. The van der Waals surface area contributed by atoms with Crippen LogP contribution in [0.15, 0.2) is 61.1 Å². The minimum absolute atomic E-state index is 0.363. The lowest BCUT2D eigenvalue weighted by Gasteiger charge is -2.11. The van der Waals surface area contributed by atoms with Gasteiger partial charge in [0.25, 0.3) is 0 Å². The van der Waals surface area contributed by atoms with Crippen LogP contribution in [-0.4, -0.2) is 20.6 Å². The van der Waals surface area contributed by atoms with Crippen molar-refractivity contribution >= 4 is 57.5 Å². The SMILES string of the molecule is Nc1ncnc2c1ccn2-c1cccc(NC(=O)Nc2ccc(Cl)c(Cl)c2)c1. The van der Waals surface area contributed by atoms with E-state index < -0.39 is 6.03 Å². The molecule has 0 saturated carbocycles. The second-order valence-electron chi connectivity index (χ2n) is 5.94. The molecule has 28 heavy (non-hydrogen) atoms. The van der Waals surface area contributed by atoms with Gasteiger partial charge in [-0.15, -0.1) is 0 Å². The summed E-state index contributed by atoms with van der Waals surface area (Å²) in [5.74, 6) is 0.416. The molecule has 0 fully saturated rings. The highest BCUT2D eigenvalue weighted by molar-refractivity contribution is 6.42. The molecule has 4 N–H and O–H groups in total. The Hall–Kier alpha value is -3.29. The summed E-state index contributed by atoms with van der Waals surface area (Å²) in [5.41, 5.74) is 8.54. The van der Waals surface area contributed by atoms with Crippen LogP contribution >= 0.6 is 23.2 Å². The van der Waals surface area contributed by atoms with E-state index in [9.17, 15) is 4.79 Å². The molecule has 2 amide bonds. The van der Waals surface area contributed by atoms with Crippen molar-refractivity contribution in [3.63, 3.8) is 0 Å². The molecule has 0 atom stereocenters. The van der Waals surface area contributed by atoms with Gasteiger partial charge in [-0.25, -0.2) is 14.8 Å². The van der Waals surface area contributed by atoms with Gasteiger partial charge in [-0.1, -0.05) is 29.3 Å². The lowest BCUT2D eigenvalue weighted by molar-refractivity contribution is 0.262. The zero-order chi connectivity index (χ0) is 19.7. The second-order valence-corrected chi connectivity index (χ2v) is 6.75. The number of anilines is 3. The summed E-state index contributed by atoms with van der Waals surface area (Å²) in [6, 6.07) is 13.7. The number of halogens is 2. The van der Waals surface area contributed by atoms with Crippen molar-refractivity contribution in [1.82, 2.24) is 14.5 Å². The predicted molar refractivity (Wildman–Crippen MR) is 112 cm³/mol. The quantitative estimate of drug-likeness (QED) is 0.443. The molecular formula is C19H14Cl2N6O. The van der Waals surface area contributed by atoms with E-state index in [-0.39, 0.29) is 0 Å². The van der Waals surface area contributed by atoms with Crippen LogP contribution in [0, 0.1) is 0 Å². The Bertz CT molecular complexity index is 1190. The van der Waals surface area contributed by atoms with Crippen molar-refractivity contribution in [1.29, 1.82) is 0 Å². The maximum atomic E-state index is 12.3. The Labute approximate surface area is 170 Å². The van der Waals surface area contributed by atoms with E-state index in [1.165, 1.54) is 6.33 Å². The van der Waals surface area contributed by atoms with E-state index in [2.05, 4.69) is 20.6 Å². The number of hydrogen-bond donors (Lipinski definition) is 3. The highest BCUT2D eigenvalue weighted by Crippen LogP contribution is 2.26. The van der Waals surface area contributed by atoms with Crippen molar-refractivity contribution in [3.05, 3.63) is 71.1 Å². The maximum Gasteiger partial charge on any atom is 0.323 e. The number of urea groups is 1. The molecule has 0 unspecified atom stereocenters. The molecule has 2 aromatic heterocycles. The van der Waals surface area contributed by atoms with Gasteiger partial charge in [0.05, 0.1) is 15.4 Å². The van der Waals surface area contributed by atoms with Gasteiger partial charge in [0.15, 0.2) is 0 Å². The Kier molecular flexibility index (Phi) is 4.77. The number of nitrogens with two attached hydrogens (primary N) is 1. The number of nitrogen functional groups attached to an aromatic ring is 1. The first kappa shape index (κ1) is 18.1. The Morgan fingerprint density at radius 2 is 1.75 bits per heavy atom. The number of nitrogens with one attached hydrogen (secondary N) is 2. The molecule has 0 radical (unpaired) electrons. The van der Waals surface area contributed by atoms with Crippen LogP contribution in [0.3, 0.4) is 0 Å². The fraction of sp³-hybridized carbons (Fsp3) is 0. The fourth-order valence-electron chi connectivity index (χ4n) is 2.78. The predicted octanol–water partition coefficient (Wildman–Crippen LogP) is 4.95. The lowest BCUT2D eigenvalue weighted by atomic mass is 10.2. The standard InChI is InChI=1S/C19H14Cl2N6O/c20-15-5-4-12(9-16(15)21)26-19(28)25-11-2-1-3-13(8-11)27-7-6-14-17(22)23-10-24-18(14)27/h1-10H,(H2,22,23,24)(H2,25,26,28). The average Bonchev–Trinajstić information content (AvgIpc) is 3.10. The third kappa shape index (κ3) is 3.58. The fourth-order valence-corrected chi connectivity index (χ4v) is 3.08. The van der Waals surface area contributed by atoms with E-state index in [0.717, 1.165) is 11.1 Å². The Morgan fingerprint density at radius 1 is 0.964 bits per heavy atom. The van der Waals surface area contributed by atoms with Gasteiger partial charge in [0, 0.05) is 23.3 Å². The van der Waals surface area contributed by atoms with E-state index in [1.54, 1.807) is 24.3 Å². The minimum atomic E-state index is -0.403. The molecule has 2 heterocycles. The van der Waals surface area contributed by atoms with Crippen LogP contribution in [0.4, 0.5) is 22.0 Å². The van der Waals surface area contributed by atoms with Gasteiger partial charge in [0.2, 0.25) is 0 Å². The molecule has 7 nitrogen and oxygen atoms in total. The molecule has 0 aliphatic carbocycles. The molecule has 0 saturated heterocycles. The number of aromatic nitrogens is 3. The average molecular weight is 413 g/mol. The van der Waals surface area contributed by atoms with E-state index in [4.69, 9.17) is 28.9 Å². The van der Waals surface area contributed by atoms with E-state index in [0.29, 0.717) is 32.9 Å². The van der Waals surface area contributed by atoms with Gasteiger partial charge in [0.1, 0.15) is 17.8 Å². The molecule has 0 aliphatic rings. The van der Waals surface area contributed by atoms with Gasteiger partial charge in [-0.3, -0.25) is 0 Å². The first-order chi connectivity index (χ1) is 13.5. The molecule has 2 aromatic carbocycles. The number of carbonyl (C=O) groups excluding carboxylic acids is 1. The van der Waals surface area contributed by atoms with Gasteiger partial charge in [-0.2, -0.15) is 0 Å². The number of amides is 2. The summed E-state index contributed by atoms with van der Waals surface area (Å²) in [5, 5.41) is 7.05. The van der Waals surface area contributed by atoms with Crippen LogP contribution in [0.2, 0.25) is 10.0 Å². The van der Waals surface area contributed by atoms with E-state index in [1.807, 2.05) is 35.0 Å². The first-order valence-electron chi connectivity index (χ1n) is 8.22. The molecule has 9 heteroatoms. The molecule has 0 spiro atoms. The van der Waals surface area contributed by atoms with Crippen LogP contribution in [0.1, 0.15) is 0 Å². The van der Waals surface area contributed by atoms with Crippen LogP contribution < -0.4 is 16.4 Å². The number of carbonyl (C=O) groups is 1. The highest BCUT2D eigenvalue weighted by atomic mass is 35.5. The Morgan fingerprint density at radius 3 is 2.54 bits per heavy atom. The van der Waals surface area contributed by atoms with Crippen molar-refractivity contribution in [2.75, 3.05) is 16.4 Å². The Balaban J connectivity index is 1.56. The maximum absolute atomic E-state index is 12.3. The van der Waals surface area contributed by atoms with Crippen LogP contribution in [-0.2, 0) is 0 Å². The third-order valence-electron chi connectivity index (χ3n) is 4.07. The zero-order valence-electron chi connectivity index (χ0n) is 14.4. The summed E-state index contributed by atoms with van der Waals surface area (Å²) >= 11 is 11.9. The van der Waals surface area contributed by atoms with Crippen LogP contribution in [0.5, 0.6) is 0 Å². The minimum Gasteiger partial charge on any atom is -0.383 e. The summed E-state index contributed by atoms with van der Waals surface area (Å²) in [7, 11) is 0. The lowest BCUT2D eigenvalue weighted by Crippen LogP contribution is -2.19. The monoisotopic (exact) mass is 412 g/mol. The summed E-state index contributed by atoms with van der Waals surface area (Å²) < 4.78 is 1.87. The molecular weight excluding hydrogens is 399 g/mol. The summed E-state index contributed by atoms with van der Waals surface area (Å²) in [6.07, 6.45) is 3.27. The number of fused-ring (bicyclic) bond motifs is 1. The highest BCUT2D eigenvalue weighted by Gasteiger charge is 2.09. The second kappa shape index (κ2) is 7.38. The van der Waals surface area contributed by atoms with Crippen molar-refractivity contribution in [3.8, 4) is 5.69 Å². The number of benzene rings is 2. The molecule has 0 aliphatic heterocycles. The summed E-state index contributed by atoms with van der Waals surface area (Å²) in [6.45, 7) is 0. The topological polar surface area (TPSA) is 97.9 Å². The van der Waals surface area contributed by atoms with Gasteiger partial charge >= 0.3 is 6.03 Å². The van der Waals surface area contributed by atoms with Crippen molar-refractivity contribution in [2.45, 2.75) is 0 Å². The van der Waals surface area contributed by atoms with E-state index >= 15 is 0 Å². The van der Waals surface area contributed by atoms with Crippen molar-refractivity contribution < 1.29 is 4.79 Å². The molecule has 4 rings (SSSR count). The molecule has 4 aromatic rings. The normalized spacial score (nSPS) is 10.8. The molecule has 140 valence electrons. The van der Waals surface area contributed by atoms with Crippen LogP contribution in [0.25, 0.3) is 16.7 Å².